The molecular formula is C17H32. The highest BCUT2D eigenvalue weighted by Gasteiger charge is 1.88. The van der Waals surface area contributed by atoms with Crippen molar-refractivity contribution in [3.05, 3.63) is 17.9 Å². The molecule has 0 unspecified atom stereocenters. The smallest absolute Gasteiger partial charge is 0.0274 e. The Hall–Kier alpha value is -0.480. The molecular weight excluding hydrogens is 204 g/mol. The maximum atomic E-state index is 3.31. The fourth-order valence-corrected chi connectivity index (χ4v) is 1.95. The minimum absolute atomic E-state index is 1.21. The van der Waals surface area contributed by atoms with Crippen LogP contribution >= 0.6 is 0 Å². The van der Waals surface area contributed by atoms with Crippen molar-refractivity contribution >= 4 is 0 Å². The first-order chi connectivity index (χ1) is 8.41. The summed E-state index contributed by atoms with van der Waals surface area (Å²) in [6, 6.07) is 0. The maximum Gasteiger partial charge on any atom is -0.0274 e. The summed E-state index contributed by atoms with van der Waals surface area (Å²) in [7, 11) is 0. The average molecular weight is 236 g/mol. The number of allylic oxidation sites excluding steroid dienone is 1. The Morgan fingerprint density at radius 1 is 0.588 bits per heavy atom. The summed E-state index contributed by atoms with van der Waals surface area (Å²) in [5.41, 5.74) is 3.31. The van der Waals surface area contributed by atoms with Crippen molar-refractivity contribution in [3.8, 4) is 0 Å². The standard InChI is InChI=1S/C17H32/c1-3-5-7-9-11-13-15-17-16-14-12-10-8-6-4-2/h11,15H,3-10,12,14,16-17H2,1-2H3. The summed E-state index contributed by atoms with van der Waals surface area (Å²) in [6.45, 7) is 4.53. The van der Waals surface area contributed by atoms with E-state index in [1.807, 2.05) is 0 Å². The third-order valence-electron chi connectivity index (χ3n) is 3.14. The second kappa shape index (κ2) is 15.5. The Labute approximate surface area is 109 Å². The Morgan fingerprint density at radius 2 is 1.00 bits per heavy atom. The maximum absolute atomic E-state index is 3.31. The van der Waals surface area contributed by atoms with Crippen molar-refractivity contribution in [2.24, 2.45) is 0 Å². The van der Waals surface area contributed by atoms with Gasteiger partial charge in [0.05, 0.1) is 0 Å². The molecule has 100 valence electrons. The molecule has 0 saturated carbocycles. The first kappa shape index (κ1) is 16.5. The lowest BCUT2D eigenvalue weighted by Gasteiger charge is -1.98. The molecule has 0 spiro atoms. The fraction of sp³-hybridized carbons (Fsp3) is 0.824. The van der Waals surface area contributed by atoms with Crippen LogP contribution in [0, 0.1) is 0 Å². The molecule has 0 rings (SSSR count). The van der Waals surface area contributed by atoms with Gasteiger partial charge in [0, 0.05) is 0 Å². The molecule has 0 heteroatoms. The number of rotatable bonds is 12. The van der Waals surface area contributed by atoms with Gasteiger partial charge in [0.25, 0.3) is 0 Å². The first-order valence-corrected chi connectivity index (χ1v) is 7.81. The second-order valence-corrected chi connectivity index (χ2v) is 4.98. The molecule has 0 aliphatic rings. The van der Waals surface area contributed by atoms with E-state index in [4.69, 9.17) is 0 Å². The molecule has 0 aliphatic carbocycles. The monoisotopic (exact) mass is 236 g/mol. The van der Waals surface area contributed by atoms with Crippen LogP contribution in [0.25, 0.3) is 0 Å². The highest BCUT2D eigenvalue weighted by atomic mass is 13.9. The molecule has 0 fully saturated rings. The van der Waals surface area contributed by atoms with E-state index < -0.39 is 0 Å². The van der Waals surface area contributed by atoms with Crippen LogP contribution < -0.4 is 0 Å². The highest BCUT2D eigenvalue weighted by Crippen LogP contribution is 2.08. The van der Waals surface area contributed by atoms with Crippen molar-refractivity contribution in [3.63, 3.8) is 0 Å². The molecule has 0 nitrogen and oxygen atoms in total. The summed E-state index contributed by atoms with van der Waals surface area (Å²) in [4.78, 5) is 0. The summed E-state index contributed by atoms with van der Waals surface area (Å²) in [5, 5.41) is 0. The lowest BCUT2D eigenvalue weighted by Crippen LogP contribution is -1.78. The lowest BCUT2D eigenvalue weighted by molar-refractivity contribution is 0.592. The van der Waals surface area contributed by atoms with Gasteiger partial charge in [-0.2, -0.15) is 0 Å². The molecule has 0 bridgehead atoms. The zero-order valence-electron chi connectivity index (χ0n) is 12.1. The Kier molecular flexibility index (Phi) is 15.1. The van der Waals surface area contributed by atoms with Crippen LogP contribution in [0.5, 0.6) is 0 Å². The zero-order chi connectivity index (χ0) is 12.6. The van der Waals surface area contributed by atoms with Crippen LogP contribution in [0.1, 0.15) is 90.9 Å². The van der Waals surface area contributed by atoms with E-state index >= 15 is 0 Å². The third kappa shape index (κ3) is 15.5. The fourth-order valence-electron chi connectivity index (χ4n) is 1.95. The third-order valence-corrected chi connectivity index (χ3v) is 3.14. The lowest BCUT2D eigenvalue weighted by atomic mass is 10.1. The van der Waals surface area contributed by atoms with Crippen molar-refractivity contribution in [1.82, 2.24) is 0 Å². The summed E-state index contributed by atoms with van der Waals surface area (Å²) in [6.07, 6.45) is 20.7. The summed E-state index contributed by atoms with van der Waals surface area (Å²) < 4.78 is 0. The Balaban J connectivity index is 3.13. The van der Waals surface area contributed by atoms with Crippen LogP contribution in [0.2, 0.25) is 0 Å². The number of unbranched alkanes of at least 4 members (excludes halogenated alkanes) is 10. The van der Waals surface area contributed by atoms with E-state index in [9.17, 15) is 0 Å². The molecule has 0 atom stereocenters. The Bertz CT molecular complexity index is 184. The van der Waals surface area contributed by atoms with E-state index in [1.54, 1.807) is 0 Å². The number of hydrogen-bond acceptors (Lipinski definition) is 0. The van der Waals surface area contributed by atoms with Gasteiger partial charge in [0.2, 0.25) is 0 Å². The van der Waals surface area contributed by atoms with Gasteiger partial charge in [-0.3, -0.25) is 0 Å². The molecule has 17 heavy (non-hydrogen) atoms. The van der Waals surface area contributed by atoms with Crippen molar-refractivity contribution in [2.75, 3.05) is 0 Å². The van der Waals surface area contributed by atoms with Gasteiger partial charge >= 0.3 is 0 Å². The summed E-state index contributed by atoms with van der Waals surface area (Å²) in [5.74, 6) is 0. The predicted molar refractivity (Wildman–Crippen MR) is 79.4 cm³/mol. The van der Waals surface area contributed by atoms with Crippen LogP contribution in [-0.2, 0) is 0 Å². The molecule has 0 amide bonds. The summed E-state index contributed by atoms with van der Waals surface area (Å²) >= 11 is 0. The molecule has 0 heterocycles. The van der Waals surface area contributed by atoms with Gasteiger partial charge in [-0.15, -0.1) is 5.73 Å². The van der Waals surface area contributed by atoms with Crippen LogP contribution in [0.3, 0.4) is 0 Å². The van der Waals surface area contributed by atoms with Gasteiger partial charge in [0.1, 0.15) is 0 Å². The Morgan fingerprint density at radius 3 is 1.59 bits per heavy atom. The molecule has 0 radical (unpaired) electrons. The quantitative estimate of drug-likeness (QED) is 0.271. The molecule has 0 aromatic carbocycles. The molecule has 0 aromatic rings. The normalized spacial score (nSPS) is 10.0. The highest BCUT2D eigenvalue weighted by molar-refractivity contribution is 4.84. The topological polar surface area (TPSA) is 0 Å². The van der Waals surface area contributed by atoms with Crippen LogP contribution in [0.4, 0.5) is 0 Å². The van der Waals surface area contributed by atoms with Gasteiger partial charge in [-0.1, -0.05) is 65.2 Å². The van der Waals surface area contributed by atoms with E-state index in [0.29, 0.717) is 0 Å². The van der Waals surface area contributed by atoms with Gasteiger partial charge in [-0.25, -0.2) is 0 Å². The van der Waals surface area contributed by atoms with E-state index in [-0.39, 0.29) is 0 Å². The van der Waals surface area contributed by atoms with Crippen molar-refractivity contribution < 1.29 is 0 Å². The first-order valence-electron chi connectivity index (χ1n) is 7.81. The zero-order valence-corrected chi connectivity index (χ0v) is 12.1. The molecule has 0 N–H and O–H groups in total. The van der Waals surface area contributed by atoms with Gasteiger partial charge in [-0.05, 0) is 37.8 Å². The second-order valence-electron chi connectivity index (χ2n) is 4.98. The molecule has 0 aliphatic heterocycles. The average Bonchev–Trinajstić information content (AvgIpc) is 2.35. The van der Waals surface area contributed by atoms with Crippen molar-refractivity contribution in [2.45, 2.75) is 90.9 Å². The minimum atomic E-state index is 1.21. The van der Waals surface area contributed by atoms with Crippen LogP contribution in [-0.4, -0.2) is 0 Å². The van der Waals surface area contributed by atoms with E-state index in [1.165, 1.54) is 77.0 Å². The van der Waals surface area contributed by atoms with Crippen LogP contribution in [0.15, 0.2) is 17.9 Å². The predicted octanol–water partition coefficient (Wildman–Crippen LogP) is 6.42. The van der Waals surface area contributed by atoms with E-state index in [2.05, 4.69) is 31.7 Å². The number of hydrogen-bond donors (Lipinski definition) is 0. The molecule has 0 aromatic heterocycles. The molecule has 0 saturated heterocycles. The van der Waals surface area contributed by atoms with E-state index in [0.717, 1.165) is 0 Å². The van der Waals surface area contributed by atoms with Crippen molar-refractivity contribution in [1.29, 1.82) is 0 Å². The minimum Gasteiger partial charge on any atom is -0.130 e. The van der Waals surface area contributed by atoms with Gasteiger partial charge in [0.15, 0.2) is 0 Å². The van der Waals surface area contributed by atoms with Gasteiger partial charge < -0.3 is 0 Å². The SMILES string of the molecule is CCCCCC=C=CCCCCCCCCC. The largest absolute Gasteiger partial charge is 0.130 e.